The first-order valence-electron chi connectivity index (χ1n) is 11.5. The van der Waals surface area contributed by atoms with Gasteiger partial charge in [-0.05, 0) is 54.1 Å². The molecule has 4 rings (SSSR count). The van der Waals surface area contributed by atoms with Crippen LogP contribution in [0.4, 0.5) is 18.9 Å². The summed E-state index contributed by atoms with van der Waals surface area (Å²) >= 11 is 6.30. The summed E-state index contributed by atoms with van der Waals surface area (Å²) in [6.45, 7) is 5.66. The number of carbonyl (C=O) groups excluding carboxylic acids is 2. The summed E-state index contributed by atoms with van der Waals surface area (Å²) in [5.41, 5.74) is 2.00. The molecule has 0 unspecified atom stereocenters. The van der Waals surface area contributed by atoms with Gasteiger partial charge in [0.2, 0.25) is 5.91 Å². The minimum Gasteiger partial charge on any atom is -0.406 e. The van der Waals surface area contributed by atoms with E-state index in [0.29, 0.717) is 27.8 Å². The zero-order valence-electron chi connectivity index (χ0n) is 20.7. The first-order valence-corrected chi connectivity index (χ1v) is 11.9. The second-order valence-corrected chi connectivity index (χ2v) is 9.94. The maximum Gasteiger partial charge on any atom is 0.573 e. The number of aromatic nitrogens is 2. The summed E-state index contributed by atoms with van der Waals surface area (Å²) < 4.78 is 42.8. The van der Waals surface area contributed by atoms with Gasteiger partial charge in [0.15, 0.2) is 0 Å². The Labute approximate surface area is 221 Å². The van der Waals surface area contributed by atoms with Crippen LogP contribution in [0, 0.1) is 5.41 Å². The molecule has 38 heavy (non-hydrogen) atoms. The monoisotopic (exact) mass is 544 g/mol. The average molecular weight is 545 g/mol. The highest BCUT2D eigenvalue weighted by Crippen LogP contribution is 2.29. The van der Waals surface area contributed by atoms with Crippen molar-refractivity contribution in [1.29, 1.82) is 0 Å². The molecule has 0 fully saturated rings. The number of carbonyl (C=O) groups is 2. The van der Waals surface area contributed by atoms with E-state index in [1.165, 1.54) is 28.9 Å². The number of halogens is 4. The number of nitrogens with zero attached hydrogens (tertiary/aromatic N) is 2. The molecule has 0 aliphatic heterocycles. The normalized spacial score (nSPS) is 11.9. The van der Waals surface area contributed by atoms with Crippen LogP contribution < -0.4 is 15.4 Å². The molecule has 1 aromatic heterocycles. The van der Waals surface area contributed by atoms with Crippen LogP contribution >= 0.6 is 11.6 Å². The van der Waals surface area contributed by atoms with Crippen LogP contribution in [0.3, 0.4) is 0 Å². The van der Waals surface area contributed by atoms with E-state index in [1.54, 1.807) is 42.6 Å². The fourth-order valence-electron chi connectivity index (χ4n) is 3.65. The summed E-state index contributed by atoms with van der Waals surface area (Å²) in [6, 6.07) is 15.4. The molecule has 0 saturated carbocycles. The lowest BCUT2D eigenvalue weighted by Crippen LogP contribution is -2.34. The molecule has 0 atom stereocenters. The van der Waals surface area contributed by atoms with Crippen molar-refractivity contribution >= 4 is 40.0 Å². The van der Waals surface area contributed by atoms with E-state index in [4.69, 9.17) is 11.6 Å². The smallest absolute Gasteiger partial charge is 0.406 e. The first kappa shape index (κ1) is 27.0. The highest BCUT2D eigenvalue weighted by atomic mass is 35.5. The topological polar surface area (TPSA) is 85.3 Å². The molecule has 4 aromatic rings. The number of ether oxygens (including phenoxy) is 1. The van der Waals surface area contributed by atoms with Crippen LogP contribution in [0.25, 0.3) is 16.6 Å². The molecule has 11 heteroatoms. The molecular weight excluding hydrogens is 521 g/mol. The Hall–Kier alpha value is -4.05. The molecule has 2 amide bonds. The summed E-state index contributed by atoms with van der Waals surface area (Å²) in [4.78, 5) is 25.3. The van der Waals surface area contributed by atoms with Gasteiger partial charge in [-0.25, -0.2) is 4.68 Å². The van der Waals surface area contributed by atoms with Crippen LogP contribution in [-0.2, 0) is 11.3 Å². The summed E-state index contributed by atoms with van der Waals surface area (Å²) in [7, 11) is 0. The van der Waals surface area contributed by atoms with Crippen molar-refractivity contribution in [2.24, 2.45) is 5.41 Å². The Morgan fingerprint density at radius 3 is 2.39 bits per heavy atom. The zero-order valence-corrected chi connectivity index (χ0v) is 21.4. The van der Waals surface area contributed by atoms with Gasteiger partial charge in [-0.15, -0.1) is 13.2 Å². The summed E-state index contributed by atoms with van der Waals surface area (Å²) in [6.07, 6.45) is -3.24. The van der Waals surface area contributed by atoms with Gasteiger partial charge in [-0.1, -0.05) is 44.5 Å². The van der Waals surface area contributed by atoms with Crippen molar-refractivity contribution < 1.29 is 27.5 Å². The average Bonchev–Trinajstić information content (AvgIpc) is 3.27. The van der Waals surface area contributed by atoms with E-state index in [2.05, 4.69) is 20.5 Å². The number of alkyl halides is 3. The van der Waals surface area contributed by atoms with E-state index < -0.39 is 17.7 Å². The van der Waals surface area contributed by atoms with Crippen molar-refractivity contribution in [3.8, 4) is 11.4 Å². The molecule has 2 N–H and O–H groups in total. The van der Waals surface area contributed by atoms with Gasteiger partial charge >= 0.3 is 6.36 Å². The molecule has 0 bridgehead atoms. The molecule has 0 aliphatic rings. The third-order valence-corrected chi connectivity index (χ3v) is 5.92. The molecule has 0 spiro atoms. The molecule has 198 valence electrons. The zero-order chi connectivity index (χ0) is 27.7. The van der Waals surface area contributed by atoms with Crippen molar-refractivity contribution in [2.45, 2.75) is 33.7 Å². The number of rotatable bonds is 6. The summed E-state index contributed by atoms with van der Waals surface area (Å²) in [5.74, 6) is -0.916. The Kier molecular flexibility index (Phi) is 7.37. The van der Waals surface area contributed by atoms with Crippen LogP contribution in [-0.4, -0.2) is 28.0 Å². The molecule has 0 aliphatic carbocycles. The van der Waals surface area contributed by atoms with Crippen LogP contribution in [0.15, 0.2) is 66.9 Å². The molecule has 3 aromatic carbocycles. The summed E-state index contributed by atoms with van der Waals surface area (Å²) in [5, 5.41) is 10.9. The maximum absolute atomic E-state index is 13.1. The molecular formula is C27H24ClF3N4O3. The Balaban J connectivity index is 1.55. The van der Waals surface area contributed by atoms with Crippen molar-refractivity contribution in [3.63, 3.8) is 0 Å². The second-order valence-electron chi connectivity index (χ2n) is 9.54. The SMILES string of the molecule is CC(C)(C)C(=O)NCc1ccc(Cl)c(C(=O)Nc2cccc3c2cnn3-c2ccc(OC(F)(F)F)cc2)c1. The number of hydrogen-bond acceptors (Lipinski definition) is 4. The van der Waals surface area contributed by atoms with E-state index in [-0.39, 0.29) is 28.8 Å². The number of nitrogens with one attached hydrogen (secondary N) is 2. The number of anilines is 1. The Morgan fingerprint density at radius 1 is 1.03 bits per heavy atom. The van der Waals surface area contributed by atoms with Crippen molar-refractivity contribution in [2.75, 3.05) is 5.32 Å². The lowest BCUT2D eigenvalue weighted by atomic mass is 9.95. The minimum absolute atomic E-state index is 0.121. The van der Waals surface area contributed by atoms with Crippen LogP contribution in [0.5, 0.6) is 5.75 Å². The minimum atomic E-state index is -4.78. The van der Waals surface area contributed by atoms with Gasteiger partial charge in [-0.3, -0.25) is 9.59 Å². The standard InChI is InChI=1S/C27H24ClF3N4O3/c1-26(2,3)25(37)32-14-16-7-12-21(28)19(13-16)24(36)34-22-5-4-6-23-20(22)15-33-35(23)17-8-10-18(11-9-17)38-27(29,30)31/h4-13,15H,14H2,1-3H3,(H,32,37)(H,34,36). The number of fused-ring (bicyclic) bond motifs is 1. The third-order valence-electron chi connectivity index (χ3n) is 5.59. The van der Waals surface area contributed by atoms with Crippen molar-refractivity contribution in [3.05, 3.63) is 83.0 Å². The van der Waals surface area contributed by atoms with Gasteiger partial charge in [0, 0.05) is 17.3 Å². The third kappa shape index (κ3) is 6.25. The van der Waals surface area contributed by atoms with E-state index in [0.717, 1.165) is 0 Å². The lowest BCUT2D eigenvalue weighted by molar-refractivity contribution is -0.274. The van der Waals surface area contributed by atoms with E-state index in [1.807, 2.05) is 20.8 Å². The quantitative estimate of drug-likeness (QED) is 0.290. The van der Waals surface area contributed by atoms with Gasteiger partial charge in [0.1, 0.15) is 5.75 Å². The van der Waals surface area contributed by atoms with Crippen LogP contribution in [0.1, 0.15) is 36.7 Å². The largest absolute Gasteiger partial charge is 0.573 e. The highest BCUT2D eigenvalue weighted by Gasteiger charge is 2.31. The first-order chi connectivity index (χ1) is 17.8. The number of hydrogen-bond donors (Lipinski definition) is 2. The van der Waals surface area contributed by atoms with E-state index in [9.17, 15) is 22.8 Å². The number of amides is 2. The van der Waals surface area contributed by atoms with Gasteiger partial charge < -0.3 is 15.4 Å². The molecule has 0 radical (unpaired) electrons. The molecule has 7 nitrogen and oxygen atoms in total. The fraction of sp³-hybridized carbons (Fsp3) is 0.222. The van der Waals surface area contributed by atoms with Crippen molar-refractivity contribution in [1.82, 2.24) is 15.1 Å². The van der Waals surface area contributed by atoms with Gasteiger partial charge in [-0.2, -0.15) is 5.10 Å². The molecule has 0 saturated heterocycles. The van der Waals surface area contributed by atoms with E-state index >= 15 is 0 Å². The van der Waals surface area contributed by atoms with Crippen LogP contribution in [0.2, 0.25) is 5.02 Å². The predicted molar refractivity (Wildman–Crippen MR) is 138 cm³/mol. The second kappa shape index (κ2) is 10.4. The fourth-order valence-corrected chi connectivity index (χ4v) is 3.85. The highest BCUT2D eigenvalue weighted by molar-refractivity contribution is 6.34. The maximum atomic E-state index is 13.1. The lowest BCUT2D eigenvalue weighted by Gasteiger charge is -2.18. The van der Waals surface area contributed by atoms with Gasteiger partial charge in [0.05, 0.1) is 33.7 Å². The Bertz CT molecular complexity index is 1490. The number of benzene rings is 3. The Morgan fingerprint density at radius 2 is 1.74 bits per heavy atom. The molecule has 1 heterocycles. The van der Waals surface area contributed by atoms with Gasteiger partial charge in [0.25, 0.3) is 5.91 Å². The predicted octanol–water partition coefficient (Wildman–Crippen LogP) is 6.49.